The third-order valence-electron chi connectivity index (χ3n) is 5.34. The minimum Gasteiger partial charge on any atom is -0.494 e. The SMILES string of the molecule is CCOc1ccc(C2=C(Nc3ccc(N(C)C)cc3)C(=O)N(c3cc(F)ccc3F)C2=O)cc1. The highest BCUT2D eigenvalue weighted by Crippen LogP contribution is 2.35. The number of imide groups is 1. The molecule has 2 amide bonds. The Kier molecular flexibility index (Phi) is 6.32. The van der Waals surface area contributed by atoms with Crippen LogP contribution in [0.25, 0.3) is 5.57 Å². The first kappa shape index (κ1) is 23.0. The van der Waals surface area contributed by atoms with Crippen molar-refractivity contribution >= 4 is 34.4 Å². The lowest BCUT2D eigenvalue weighted by atomic mass is 10.0. The molecule has 4 rings (SSSR count). The number of hydrogen-bond donors (Lipinski definition) is 1. The summed E-state index contributed by atoms with van der Waals surface area (Å²) in [5.41, 5.74) is 1.52. The first-order valence-electron chi connectivity index (χ1n) is 10.7. The van der Waals surface area contributed by atoms with Gasteiger partial charge in [-0.2, -0.15) is 0 Å². The molecule has 1 aliphatic heterocycles. The highest BCUT2D eigenvalue weighted by atomic mass is 19.1. The zero-order valence-electron chi connectivity index (χ0n) is 18.9. The number of anilines is 3. The van der Waals surface area contributed by atoms with Gasteiger partial charge in [0, 0.05) is 31.5 Å². The fourth-order valence-corrected chi connectivity index (χ4v) is 3.66. The Hall–Kier alpha value is -4.20. The average molecular weight is 463 g/mol. The number of rotatable bonds is 7. The fourth-order valence-electron chi connectivity index (χ4n) is 3.66. The minimum absolute atomic E-state index is 0.0320. The number of halogens is 2. The molecule has 0 saturated heterocycles. The van der Waals surface area contributed by atoms with Crippen molar-refractivity contribution < 1.29 is 23.1 Å². The van der Waals surface area contributed by atoms with Crippen LogP contribution in [0.4, 0.5) is 25.8 Å². The van der Waals surface area contributed by atoms with Crippen molar-refractivity contribution in [2.75, 3.05) is 35.8 Å². The maximum atomic E-state index is 14.5. The van der Waals surface area contributed by atoms with E-state index in [1.54, 1.807) is 36.4 Å². The normalized spacial score (nSPS) is 13.5. The van der Waals surface area contributed by atoms with Gasteiger partial charge in [0.1, 0.15) is 23.1 Å². The summed E-state index contributed by atoms with van der Waals surface area (Å²) in [6.07, 6.45) is 0. The Morgan fingerprint density at radius 2 is 1.59 bits per heavy atom. The quantitative estimate of drug-likeness (QED) is 0.509. The van der Waals surface area contributed by atoms with Crippen LogP contribution in [0, 0.1) is 11.6 Å². The van der Waals surface area contributed by atoms with Gasteiger partial charge in [0.25, 0.3) is 11.8 Å². The van der Waals surface area contributed by atoms with Crippen LogP contribution in [0.2, 0.25) is 0 Å². The first-order valence-corrected chi connectivity index (χ1v) is 10.7. The van der Waals surface area contributed by atoms with E-state index in [1.807, 2.05) is 38.1 Å². The molecule has 0 aliphatic carbocycles. The van der Waals surface area contributed by atoms with Gasteiger partial charge in [0.15, 0.2) is 0 Å². The average Bonchev–Trinajstić information content (AvgIpc) is 3.06. The van der Waals surface area contributed by atoms with E-state index in [2.05, 4.69) is 5.32 Å². The molecule has 1 heterocycles. The topological polar surface area (TPSA) is 61.9 Å². The maximum Gasteiger partial charge on any atom is 0.282 e. The molecule has 3 aromatic rings. The van der Waals surface area contributed by atoms with E-state index in [1.165, 1.54) is 0 Å². The van der Waals surface area contributed by atoms with Crippen LogP contribution in [0.15, 0.2) is 72.4 Å². The van der Waals surface area contributed by atoms with Crippen LogP contribution in [0.5, 0.6) is 5.75 Å². The third-order valence-corrected chi connectivity index (χ3v) is 5.34. The van der Waals surface area contributed by atoms with E-state index in [4.69, 9.17) is 4.74 Å². The predicted octanol–water partition coefficient (Wildman–Crippen LogP) is 4.83. The van der Waals surface area contributed by atoms with Crippen LogP contribution in [-0.4, -0.2) is 32.5 Å². The monoisotopic (exact) mass is 463 g/mol. The van der Waals surface area contributed by atoms with Crippen molar-refractivity contribution in [1.29, 1.82) is 0 Å². The summed E-state index contributed by atoms with van der Waals surface area (Å²) in [5.74, 6) is -2.59. The molecule has 1 N–H and O–H groups in total. The highest BCUT2D eigenvalue weighted by Gasteiger charge is 2.41. The van der Waals surface area contributed by atoms with Crippen molar-refractivity contribution in [3.05, 3.63) is 89.6 Å². The summed E-state index contributed by atoms with van der Waals surface area (Å²) < 4.78 is 33.9. The van der Waals surface area contributed by atoms with Crippen molar-refractivity contribution in [3.63, 3.8) is 0 Å². The molecular formula is C26H23F2N3O3. The van der Waals surface area contributed by atoms with E-state index in [0.29, 0.717) is 28.5 Å². The van der Waals surface area contributed by atoms with Crippen LogP contribution >= 0.6 is 0 Å². The Balaban J connectivity index is 1.79. The molecule has 6 nitrogen and oxygen atoms in total. The van der Waals surface area contributed by atoms with Crippen LogP contribution in [0.3, 0.4) is 0 Å². The van der Waals surface area contributed by atoms with Crippen LogP contribution in [-0.2, 0) is 9.59 Å². The van der Waals surface area contributed by atoms with Crippen molar-refractivity contribution in [2.45, 2.75) is 6.92 Å². The van der Waals surface area contributed by atoms with E-state index < -0.39 is 29.1 Å². The number of hydrogen-bond acceptors (Lipinski definition) is 5. The first-order chi connectivity index (χ1) is 16.3. The number of nitrogens with zero attached hydrogens (tertiary/aromatic N) is 2. The molecule has 1 aliphatic rings. The second-order valence-electron chi connectivity index (χ2n) is 7.82. The lowest BCUT2D eigenvalue weighted by Crippen LogP contribution is -2.33. The van der Waals surface area contributed by atoms with Gasteiger partial charge in [-0.05, 0) is 61.0 Å². The van der Waals surface area contributed by atoms with Gasteiger partial charge in [-0.1, -0.05) is 12.1 Å². The Morgan fingerprint density at radius 3 is 2.21 bits per heavy atom. The molecule has 34 heavy (non-hydrogen) atoms. The number of carbonyl (C=O) groups is 2. The lowest BCUT2D eigenvalue weighted by molar-refractivity contribution is -0.120. The standard InChI is InChI=1S/C26H23F2N3O3/c1-4-34-20-12-5-16(6-13-20)23-24(29-18-8-10-19(11-9-18)30(2)3)26(33)31(25(23)32)22-15-17(27)7-14-21(22)28/h5-15,29H,4H2,1-3H3. The van der Waals surface area contributed by atoms with Crippen LogP contribution in [0.1, 0.15) is 12.5 Å². The molecule has 0 fully saturated rings. The lowest BCUT2D eigenvalue weighted by Gasteiger charge is -2.16. The molecule has 0 radical (unpaired) electrons. The van der Waals surface area contributed by atoms with Gasteiger partial charge in [-0.25, -0.2) is 13.7 Å². The molecule has 0 atom stereocenters. The third kappa shape index (κ3) is 4.34. The van der Waals surface area contributed by atoms with Crippen molar-refractivity contribution in [1.82, 2.24) is 0 Å². The second-order valence-corrected chi connectivity index (χ2v) is 7.82. The fraction of sp³-hybridized carbons (Fsp3) is 0.154. The van der Waals surface area contributed by atoms with Gasteiger partial charge < -0.3 is 15.0 Å². The van der Waals surface area contributed by atoms with Crippen LogP contribution < -0.4 is 19.9 Å². The van der Waals surface area contributed by atoms with Gasteiger partial charge >= 0.3 is 0 Å². The smallest absolute Gasteiger partial charge is 0.282 e. The van der Waals surface area contributed by atoms with Gasteiger partial charge in [0.2, 0.25) is 0 Å². The number of benzene rings is 3. The summed E-state index contributed by atoms with van der Waals surface area (Å²) in [5, 5.41) is 3.01. The molecule has 0 spiro atoms. The van der Waals surface area contributed by atoms with Gasteiger partial charge in [-0.15, -0.1) is 0 Å². The summed E-state index contributed by atoms with van der Waals surface area (Å²) in [4.78, 5) is 29.4. The minimum atomic E-state index is -0.884. The van der Waals surface area contributed by atoms with E-state index in [-0.39, 0.29) is 11.3 Å². The molecule has 0 unspecified atom stereocenters. The summed E-state index contributed by atoms with van der Waals surface area (Å²) in [6.45, 7) is 2.33. The number of nitrogens with one attached hydrogen (secondary N) is 1. The van der Waals surface area contributed by atoms with E-state index in [0.717, 1.165) is 23.9 Å². The highest BCUT2D eigenvalue weighted by molar-refractivity contribution is 6.46. The summed E-state index contributed by atoms with van der Waals surface area (Å²) in [6, 6.07) is 16.5. The number of amides is 2. The summed E-state index contributed by atoms with van der Waals surface area (Å²) >= 11 is 0. The molecule has 8 heteroatoms. The second kappa shape index (κ2) is 9.35. The van der Waals surface area contributed by atoms with E-state index >= 15 is 0 Å². The molecule has 3 aromatic carbocycles. The largest absolute Gasteiger partial charge is 0.494 e. The number of ether oxygens (including phenoxy) is 1. The molecule has 174 valence electrons. The number of carbonyl (C=O) groups excluding carboxylic acids is 2. The van der Waals surface area contributed by atoms with Crippen molar-refractivity contribution in [3.8, 4) is 5.75 Å². The zero-order valence-corrected chi connectivity index (χ0v) is 18.9. The molecule has 0 saturated carbocycles. The van der Waals surface area contributed by atoms with Gasteiger partial charge in [-0.3, -0.25) is 9.59 Å². The summed E-state index contributed by atoms with van der Waals surface area (Å²) in [7, 11) is 3.80. The van der Waals surface area contributed by atoms with Crippen molar-refractivity contribution in [2.24, 2.45) is 0 Å². The maximum absolute atomic E-state index is 14.5. The van der Waals surface area contributed by atoms with E-state index in [9.17, 15) is 18.4 Å². The Bertz CT molecular complexity index is 1270. The Labute approximate surface area is 196 Å². The molecular weight excluding hydrogens is 440 g/mol. The van der Waals surface area contributed by atoms with Gasteiger partial charge in [0.05, 0.1) is 17.9 Å². The Morgan fingerprint density at radius 1 is 0.912 bits per heavy atom. The molecule has 0 aromatic heterocycles. The zero-order chi connectivity index (χ0) is 24.4. The predicted molar refractivity (Wildman–Crippen MR) is 128 cm³/mol. The molecule has 0 bridgehead atoms.